The zero-order chi connectivity index (χ0) is 24.7. The van der Waals surface area contributed by atoms with E-state index in [1.165, 1.54) is 45.9 Å². The van der Waals surface area contributed by atoms with Crippen LogP contribution in [0.5, 0.6) is 28.7 Å². The number of thiophene rings is 1. The molecular formula is C25H24NaO8S+. The van der Waals surface area contributed by atoms with Crippen LogP contribution in [0.2, 0.25) is 0 Å². The molecule has 2 aromatic carbocycles. The summed E-state index contributed by atoms with van der Waals surface area (Å²) in [6.45, 7) is -0.490. The standard InChI is InChI=1S/C25H24O8S.Na/c1-29-19-13-20(33-14-24(27)28)17(23-6-5-9-34-23)10-15(19)7-8-18(26)16-11-21(30-2)25(32-4)22(12-16)31-3;/h5-13H,14H2,1-4H3,(H,27,28);/q;+1/b8-7+;. The van der Waals surface area contributed by atoms with Crippen LogP contribution >= 0.6 is 11.3 Å². The molecule has 0 aliphatic heterocycles. The zero-order valence-corrected chi connectivity index (χ0v) is 22.9. The Kier molecular flexibility index (Phi) is 10.7. The van der Waals surface area contributed by atoms with Gasteiger partial charge in [-0.1, -0.05) is 6.07 Å². The molecule has 0 aliphatic carbocycles. The number of ketones is 1. The minimum absolute atomic E-state index is 0. The second-order valence-electron chi connectivity index (χ2n) is 6.86. The van der Waals surface area contributed by atoms with Crippen LogP contribution in [0.4, 0.5) is 0 Å². The second-order valence-corrected chi connectivity index (χ2v) is 7.81. The third-order valence-corrected chi connectivity index (χ3v) is 5.74. The van der Waals surface area contributed by atoms with Gasteiger partial charge in [-0.25, -0.2) is 4.79 Å². The molecule has 8 nitrogen and oxygen atoms in total. The summed E-state index contributed by atoms with van der Waals surface area (Å²) in [6, 6.07) is 10.3. The summed E-state index contributed by atoms with van der Waals surface area (Å²) in [5.74, 6) is 0.558. The molecule has 0 spiro atoms. The first-order valence-corrected chi connectivity index (χ1v) is 10.9. The summed E-state index contributed by atoms with van der Waals surface area (Å²) in [6.07, 6.45) is 3.04. The summed E-state index contributed by atoms with van der Waals surface area (Å²) < 4.78 is 26.9. The Morgan fingerprint density at radius 1 is 0.914 bits per heavy atom. The topological polar surface area (TPSA) is 101 Å². The normalized spacial score (nSPS) is 10.4. The molecule has 0 amide bonds. The number of aliphatic carboxylic acids is 1. The fraction of sp³-hybridized carbons (Fsp3) is 0.200. The van der Waals surface area contributed by atoms with Crippen molar-refractivity contribution >= 4 is 29.2 Å². The number of carbonyl (C=O) groups is 2. The van der Waals surface area contributed by atoms with Crippen LogP contribution in [0.15, 0.2) is 47.9 Å². The van der Waals surface area contributed by atoms with Gasteiger partial charge >= 0.3 is 35.5 Å². The van der Waals surface area contributed by atoms with Crippen molar-refractivity contribution in [2.45, 2.75) is 0 Å². The Morgan fingerprint density at radius 3 is 2.09 bits per heavy atom. The van der Waals surface area contributed by atoms with Crippen molar-refractivity contribution in [3.05, 3.63) is 59.0 Å². The molecule has 1 N–H and O–H groups in total. The molecule has 0 atom stereocenters. The predicted molar refractivity (Wildman–Crippen MR) is 129 cm³/mol. The molecule has 0 saturated heterocycles. The number of ether oxygens (including phenoxy) is 5. The molecule has 10 heteroatoms. The SMILES string of the molecule is COc1cc(OCC(=O)O)c(-c2cccs2)cc1/C=C/C(=O)c1cc(OC)c(OC)c(OC)c1.[Na+]. The molecule has 0 bridgehead atoms. The minimum Gasteiger partial charge on any atom is -0.496 e. The number of benzene rings is 2. The van der Waals surface area contributed by atoms with E-state index in [0.717, 1.165) is 4.88 Å². The van der Waals surface area contributed by atoms with Gasteiger partial charge in [0.15, 0.2) is 23.9 Å². The Hall–Kier alpha value is -2.98. The first kappa shape index (κ1) is 28.3. The minimum atomic E-state index is -1.09. The molecule has 3 aromatic rings. The molecule has 0 unspecified atom stereocenters. The Balaban J connectivity index is 0.00000432. The Morgan fingerprint density at radius 2 is 1.57 bits per heavy atom. The van der Waals surface area contributed by atoms with Crippen LogP contribution in [0, 0.1) is 0 Å². The van der Waals surface area contributed by atoms with Crippen molar-refractivity contribution < 1.29 is 67.9 Å². The molecule has 3 rings (SSSR count). The number of methoxy groups -OCH3 is 4. The van der Waals surface area contributed by atoms with Crippen LogP contribution in [0.3, 0.4) is 0 Å². The molecule has 0 aliphatic rings. The van der Waals surface area contributed by atoms with E-state index >= 15 is 0 Å². The number of carboxylic acid groups (broad SMARTS) is 1. The van der Waals surface area contributed by atoms with Crippen molar-refractivity contribution in [3.63, 3.8) is 0 Å². The number of hydrogen-bond acceptors (Lipinski definition) is 8. The van der Waals surface area contributed by atoms with Crippen molar-refractivity contribution in [3.8, 4) is 39.2 Å². The van der Waals surface area contributed by atoms with Gasteiger partial charge < -0.3 is 28.8 Å². The van der Waals surface area contributed by atoms with Gasteiger partial charge in [-0.2, -0.15) is 0 Å². The van der Waals surface area contributed by atoms with Crippen LogP contribution < -0.4 is 53.2 Å². The Bertz CT molecular complexity index is 1180. The quantitative estimate of drug-likeness (QED) is 0.238. The van der Waals surface area contributed by atoms with E-state index in [1.807, 2.05) is 17.5 Å². The maximum absolute atomic E-state index is 12.9. The molecule has 0 radical (unpaired) electrons. The summed E-state index contributed by atoms with van der Waals surface area (Å²) in [7, 11) is 5.93. The van der Waals surface area contributed by atoms with Crippen LogP contribution in [-0.4, -0.2) is 51.9 Å². The first-order valence-electron chi connectivity index (χ1n) is 10.0. The van der Waals surface area contributed by atoms with E-state index in [4.69, 9.17) is 28.8 Å². The average Bonchev–Trinajstić information content (AvgIpc) is 3.39. The monoisotopic (exact) mass is 507 g/mol. The molecule has 178 valence electrons. The zero-order valence-electron chi connectivity index (χ0n) is 20.1. The van der Waals surface area contributed by atoms with Gasteiger partial charge in [0, 0.05) is 27.6 Å². The van der Waals surface area contributed by atoms with E-state index in [0.29, 0.717) is 45.4 Å². The van der Waals surface area contributed by atoms with Crippen molar-refractivity contribution in [1.29, 1.82) is 0 Å². The smallest absolute Gasteiger partial charge is 0.496 e. The maximum atomic E-state index is 12.9. The number of carboxylic acids is 1. The van der Waals surface area contributed by atoms with Gasteiger partial charge in [-0.05, 0) is 41.8 Å². The van der Waals surface area contributed by atoms with Crippen LogP contribution in [0.1, 0.15) is 15.9 Å². The maximum Gasteiger partial charge on any atom is 1.00 e. The molecule has 1 heterocycles. The van der Waals surface area contributed by atoms with Gasteiger partial charge in [-0.3, -0.25) is 4.79 Å². The summed E-state index contributed by atoms with van der Waals surface area (Å²) >= 11 is 1.48. The molecule has 35 heavy (non-hydrogen) atoms. The average molecular weight is 508 g/mol. The van der Waals surface area contributed by atoms with Crippen LogP contribution in [-0.2, 0) is 4.79 Å². The van der Waals surface area contributed by atoms with Crippen molar-refractivity contribution in [1.82, 2.24) is 0 Å². The van der Waals surface area contributed by atoms with Gasteiger partial charge in [0.25, 0.3) is 0 Å². The summed E-state index contributed by atoms with van der Waals surface area (Å²) in [5.41, 5.74) is 1.66. The van der Waals surface area contributed by atoms with Gasteiger partial charge in [0.1, 0.15) is 11.5 Å². The van der Waals surface area contributed by atoms with E-state index in [1.54, 1.807) is 30.3 Å². The molecule has 0 saturated carbocycles. The van der Waals surface area contributed by atoms with Gasteiger partial charge in [0.05, 0.1) is 28.4 Å². The van der Waals surface area contributed by atoms with Crippen LogP contribution in [0.25, 0.3) is 16.5 Å². The van der Waals surface area contributed by atoms with Gasteiger partial charge in [0.2, 0.25) is 5.75 Å². The van der Waals surface area contributed by atoms with E-state index in [-0.39, 0.29) is 35.3 Å². The second kappa shape index (κ2) is 13.2. The van der Waals surface area contributed by atoms with E-state index < -0.39 is 12.6 Å². The fourth-order valence-electron chi connectivity index (χ4n) is 3.25. The Labute approximate surface area is 229 Å². The van der Waals surface area contributed by atoms with E-state index in [9.17, 15) is 9.59 Å². The number of allylic oxidation sites excluding steroid dienone is 1. The van der Waals surface area contributed by atoms with Crippen molar-refractivity contribution in [2.24, 2.45) is 0 Å². The third-order valence-electron chi connectivity index (χ3n) is 4.83. The first-order chi connectivity index (χ1) is 16.4. The number of carbonyl (C=O) groups excluding carboxylic acids is 1. The van der Waals surface area contributed by atoms with Gasteiger partial charge in [-0.15, -0.1) is 11.3 Å². The van der Waals surface area contributed by atoms with Crippen molar-refractivity contribution in [2.75, 3.05) is 35.0 Å². The predicted octanol–water partition coefficient (Wildman–Crippen LogP) is 1.81. The fourth-order valence-corrected chi connectivity index (χ4v) is 4.00. The third kappa shape index (κ3) is 6.79. The number of rotatable bonds is 11. The van der Waals surface area contributed by atoms with E-state index in [2.05, 4.69) is 0 Å². The number of hydrogen-bond donors (Lipinski definition) is 1. The molecular weight excluding hydrogens is 483 g/mol. The summed E-state index contributed by atoms with van der Waals surface area (Å²) in [4.78, 5) is 24.8. The summed E-state index contributed by atoms with van der Waals surface area (Å²) in [5, 5.41) is 10.9. The molecule has 1 aromatic heterocycles. The largest absolute Gasteiger partial charge is 1.00 e. The molecule has 0 fully saturated rings.